The zero-order valence-electron chi connectivity index (χ0n) is 18.7. The number of amides is 1. The Morgan fingerprint density at radius 1 is 1.06 bits per heavy atom. The SMILES string of the molecule is CO[C@@]1(C(=O)c2ccccc2)NC(=O)[C@](COC(C)=O)(OCSC)C1OCc1ccccc1. The van der Waals surface area contributed by atoms with Crippen molar-refractivity contribution in [3.63, 3.8) is 0 Å². The molecule has 8 nitrogen and oxygen atoms in total. The molecule has 1 aliphatic rings. The first kappa shape index (κ1) is 24.9. The molecule has 3 atom stereocenters. The monoisotopic (exact) mass is 473 g/mol. The number of ether oxygens (including phenoxy) is 4. The average Bonchev–Trinajstić information content (AvgIpc) is 3.08. The summed E-state index contributed by atoms with van der Waals surface area (Å²) in [4.78, 5) is 38.7. The van der Waals surface area contributed by atoms with Gasteiger partial charge in [0.15, 0.2) is 6.10 Å². The molecule has 1 saturated heterocycles. The fraction of sp³-hybridized carbons (Fsp3) is 0.375. The third-order valence-electron chi connectivity index (χ3n) is 5.36. The Kier molecular flexibility index (Phi) is 8.25. The number of esters is 1. The number of nitrogens with one attached hydrogen (secondary N) is 1. The van der Waals surface area contributed by atoms with E-state index in [4.69, 9.17) is 18.9 Å². The predicted molar refractivity (Wildman–Crippen MR) is 123 cm³/mol. The van der Waals surface area contributed by atoms with Crippen molar-refractivity contribution in [3.8, 4) is 0 Å². The molecular formula is C24H27NO7S. The summed E-state index contributed by atoms with van der Waals surface area (Å²) in [6.45, 7) is 0.854. The number of ketones is 1. The molecule has 1 amide bonds. The van der Waals surface area contributed by atoms with Crippen LogP contribution in [0.25, 0.3) is 0 Å². The molecule has 9 heteroatoms. The summed E-state index contributed by atoms with van der Waals surface area (Å²) in [6, 6.07) is 17.7. The summed E-state index contributed by atoms with van der Waals surface area (Å²) < 4.78 is 23.1. The predicted octanol–water partition coefficient (Wildman–Crippen LogP) is 2.57. The Morgan fingerprint density at radius 3 is 2.27 bits per heavy atom. The van der Waals surface area contributed by atoms with Crippen LogP contribution in [0.4, 0.5) is 0 Å². The van der Waals surface area contributed by atoms with Gasteiger partial charge in [0.1, 0.15) is 6.61 Å². The number of benzene rings is 2. The zero-order chi connectivity index (χ0) is 23.9. The molecule has 1 fully saturated rings. The Bertz CT molecular complexity index is 971. The van der Waals surface area contributed by atoms with Crippen molar-refractivity contribution in [2.24, 2.45) is 0 Å². The molecule has 33 heavy (non-hydrogen) atoms. The number of rotatable bonds is 11. The Hall–Kier alpha value is -2.72. The van der Waals surface area contributed by atoms with E-state index in [0.29, 0.717) is 5.56 Å². The molecule has 0 radical (unpaired) electrons. The van der Waals surface area contributed by atoms with Crippen LogP contribution in [0.1, 0.15) is 22.8 Å². The van der Waals surface area contributed by atoms with Gasteiger partial charge in [0.05, 0.1) is 12.5 Å². The molecular weight excluding hydrogens is 446 g/mol. The van der Waals surface area contributed by atoms with Crippen LogP contribution in [0.3, 0.4) is 0 Å². The van der Waals surface area contributed by atoms with Crippen LogP contribution in [0.15, 0.2) is 60.7 Å². The normalized spacial score (nSPS) is 24.3. The lowest BCUT2D eigenvalue weighted by Gasteiger charge is -2.37. The minimum absolute atomic E-state index is 0.0676. The van der Waals surface area contributed by atoms with Crippen LogP contribution in [0.5, 0.6) is 0 Å². The van der Waals surface area contributed by atoms with Gasteiger partial charge in [0.25, 0.3) is 5.91 Å². The first-order chi connectivity index (χ1) is 15.9. The molecule has 0 saturated carbocycles. The van der Waals surface area contributed by atoms with Gasteiger partial charge in [0, 0.05) is 19.6 Å². The van der Waals surface area contributed by atoms with E-state index in [9.17, 15) is 14.4 Å². The number of thioether (sulfide) groups is 1. The standard InChI is InChI=1S/C24H27NO7S/c1-17(26)31-15-23(32-16-33-3)21(30-14-18-10-6-4-7-11-18)24(29-2,25-22(23)28)20(27)19-12-8-5-9-13-19/h4-13,21H,14-16H2,1-3H3,(H,25,28)/t21?,23-,24-/m1/s1. The second kappa shape index (κ2) is 10.9. The Balaban J connectivity index is 2.08. The molecule has 1 heterocycles. The molecule has 3 rings (SSSR count). The Labute approximate surface area is 196 Å². The minimum Gasteiger partial charge on any atom is -0.462 e. The average molecular weight is 474 g/mol. The van der Waals surface area contributed by atoms with Gasteiger partial charge < -0.3 is 24.3 Å². The summed E-state index contributed by atoms with van der Waals surface area (Å²) in [6.07, 6.45) is 0.534. The zero-order valence-corrected chi connectivity index (χ0v) is 19.6. The number of carbonyl (C=O) groups excluding carboxylic acids is 3. The van der Waals surface area contributed by atoms with Gasteiger partial charge in [0.2, 0.25) is 17.1 Å². The molecule has 2 aromatic carbocycles. The van der Waals surface area contributed by atoms with Crippen molar-refractivity contribution < 1.29 is 33.3 Å². The van der Waals surface area contributed by atoms with E-state index in [2.05, 4.69) is 5.32 Å². The number of hydrogen-bond donors (Lipinski definition) is 1. The van der Waals surface area contributed by atoms with Crippen LogP contribution < -0.4 is 5.32 Å². The highest BCUT2D eigenvalue weighted by Gasteiger charge is 2.69. The summed E-state index contributed by atoms with van der Waals surface area (Å²) in [5.74, 6) is -1.67. The van der Waals surface area contributed by atoms with Crippen LogP contribution in [0, 0.1) is 0 Å². The molecule has 0 aromatic heterocycles. The van der Waals surface area contributed by atoms with Crippen molar-refractivity contribution in [1.29, 1.82) is 0 Å². The molecule has 2 aromatic rings. The summed E-state index contributed by atoms with van der Waals surface area (Å²) in [5, 5.41) is 2.66. The highest BCUT2D eigenvalue weighted by molar-refractivity contribution is 7.98. The maximum absolute atomic E-state index is 13.7. The van der Waals surface area contributed by atoms with Gasteiger partial charge >= 0.3 is 5.97 Å². The molecule has 1 N–H and O–H groups in total. The third kappa shape index (κ3) is 5.11. The van der Waals surface area contributed by atoms with Gasteiger partial charge in [-0.05, 0) is 11.8 Å². The van der Waals surface area contributed by atoms with E-state index in [-0.39, 0.29) is 12.5 Å². The first-order valence-electron chi connectivity index (χ1n) is 10.3. The number of hydrogen-bond acceptors (Lipinski definition) is 8. The van der Waals surface area contributed by atoms with Crippen LogP contribution in [0.2, 0.25) is 0 Å². The second-order valence-electron chi connectivity index (χ2n) is 7.49. The van der Waals surface area contributed by atoms with Gasteiger partial charge in [-0.1, -0.05) is 60.7 Å². The fourth-order valence-electron chi connectivity index (χ4n) is 3.72. The molecule has 0 spiro atoms. The van der Waals surface area contributed by atoms with E-state index in [1.165, 1.54) is 25.8 Å². The highest BCUT2D eigenvalue weighted by atomic mass is 32.2. The fourth-order valence-corrected chi connectivity index (χ4v) is 4.05. The highest BCUT2D eigenvalue weighted by Crippen LogP contribution is 2.39. The Morgan fingerprint density at radius 2 is 1.70 bits per heavy atom. The number of Topliss-reactive ketones (excluding diaryl/α,β-unsaturated/α-hetero) is 1. The summed E-state index contributed by atoms with van der Waals surface area (Å²) >= 11 is 1.33. The lowest BCUT2D eigenvalue weighted by atomic mass is 9.88. The molecule has 0 aliphatic carbocycles. The lowest BCUT2D eigenvalue weighted by Crippen LogP contribution is -2.61. The van der Waals surface area contributed by atoms with E-state index < -0.39 is 41.7 Å². The maximum Gasteiger partial charge on any atom is 0.302 e. The van der Waals surface area contributed by atoms with Crippen LogP contribution in [-0.4, -0.2) is 61.0 Å². The van der Waals surface area contributed by atoms with Crippen molar-refractivity contribution in [1.82, 2.24) is 5.32 Å². The van der Waals surface area contributed by atoms with Gasteiger partial charge in [-0.3, -0.25) is 14.4 Å². The first-order valence-corrected chi connectivity index (χ1v) is 11.7. The third-order valence-corrected chi connectivity index (χ3v) is 5.71. The van der Waals surface area contributed by atoms with Crippen molar-refractivity contribution >= 4 is 29.4 Å². The largest absolute Gasteiger partial charge is 0.462 e. The van der Waals surface area contributed by atoms with E-state index in [1.54, 1.807) is 36.6 Å². The van der Waals surface area contributed by atoms with Gasteiger partial charge in [-0.15, -0.1) is 11.8 Å². The van der Waals surface area contributed by atoms with Gasteiger partial charge in [-0.25, -0.2) is 0 Å². The van der Waals surface area contributed by atoms with Crippen molar-refractivity contribution in [2.75, 3.05) is 25.9 Å². The summed E-state index contributed by atoms with van der Waals surface area (Å²) in [5.41, 5.74) is -2.56. The van der Waals surface area contributed by atoms with E-state index >= 15 is 0 Å². The topological polar surface area (TPSA) is 100 Å². The van der Waals surface area contributed by atoms with Crippen LogP contribution in [-0.2, 0) is 35.1 Å². The maximum atomic E-state index is 13.7. The van der Waals surface area contributed by atoms with Crippen molar-refractivity contribution in [2.45, 2.75) is 31.0 Å². The molecule has 1 unspecified atom stereocenters. The molecule has 1 aliphatic heterocycles. The van der Waals surface area contributed by atoms with E-state index in [1.807, 2.05) is 30.3 Å². The van der Waals surface area contributed by atoms with Gasteiger partial charge in [-0.2, -0.15) is 0 Å². The van der Waals surface area contributed by atoms with E-state index in [0.717, 1.165) is 5.56 Å². The number of carbonyl (C=O) groups is 3. The van der Waals surface area contributed by atoms with Crippen LogP contribution >= 0.6 is 11.8 Å². The smallest absolute Gasteiger partial charge is 0.302 e. The lowest BCUT2D eigenvalue weighted by molar-refractivity contribution is -0.195. The number of methoxy groups -OCH3 is 1. The van der Waals surface area contributed by atoms with Crippen molar-refractivity contribution in [3.05, 3.63) is 71.8 Å². The summed E-state index contributed by atoms with van der Waals surface area (Å²) in [7, 11) is 1.32. The minimum atomic E-state index is -1.90. The molecule has 176 valence electrons. The second-order valence-corrected chi connectivity index (χ2v) is 8.30. The molecule has 0 bridgehead atoms. The quantitative estimate of drug-likeness (QED) is 0.302.